The van der Waals surface area contributed by atoms with Crippen LogP contribution in [0.5, 0.6) is 0 Å². The normalized spacial score (nSPS) is 11.1. The highest BCUT2D eigenvalue weighted by atomic mass is 16.4. The van der Waals surface area contributed by atoms with Crippen LogP contribution in [-0.4, -0.2) is 58.9 Å². The Morgan fingerprint density at radius 1 is 0.950 bits per heavy atom. The lowest BCUT2D eigenvalue weighted by Crippen LogP contribution is -2.39. The predicted molar refractivity (Wildman–Crippen MR) is 69.8 cm³/mol. The molecule has 0 aliphatic heterocycles. The Morgan fingerprint density at radius 3 is 1.70 bits per heavy atom. The number of nitrogens with two attached hydrogens (primary N) is 2. The van der Waals surface area contributed by atoms with E-state index in [1.54, 1.807) is 0 Å². The Kier molecular flexibility index (Phi) is 14.1. The first-order valence-corrected chi connectivity index (χ1v) is 5.89. The summed E-state index contributed by atoms with van der Waals surface area (Å²) in [6.07, 6.45) is 2.16. The van der Waals surface area contributed by atoms with Gasteiger partial charge in [0.25, 0.3) is 0 Å². The van der Waals surface area contributed by atoms with Crippen molar-refractivity contribution in [2.75, 3.05) is 19.6 Å². The third kappa shape index (κ3) is 18.6. The summed E-state index contributed by atoms with van der Waals surface area (Å²) in [6, 6.07) is -0.716. The van der Waals surface area contributed by atoms with Crippen LogP contribution in [0.2, 0.25) is 0 Å². The van der Waals surface area contributed by atoms with Crippen molar-refractivity contribution < 1.29 is 29.7 Å². The number of hydrogen-bond acceptors (Lipinski definition) is 7. The lowest BCUT2D eigenvalue weighted by atomic mass is 10.1. The lowest BCUT2D eigenvalue weighted by molar-refractivity contribution is -0.139. The topological polar surface area (TPSA) is 188 Å². The van der Waals surface area contributed by atoms with Gasteiger partial charge in [-0.25, -0.2) is 10.9 Å². The predicted octanol–water partition coefficient (Wildman–Crippen LogP) is -2.22. The lowest BCUT2D eigenvalue weighted by Gasteiger charge is -2.03. The minimum atomic E-state index is -1.04. The van der Waals surface area contributed by atoms with Crippen LogP contribution in [0, 0.1) is 0 Å². The van der Waals surface area contributed by atoms with Crippen molar-refractivity contribution in [1.82, 2.24) is 10.9 Å². The summed E-state index contributed by atoms with van der Waals surface area (Å²) in [5.41, 5.74) is 14.8. The Hall–Kier alpha value is -1.75. The number of unbranched alkanes of at least 4 members (excludes halogenated alkanes) is 1. The maximum absolute atomic E-state index is 10.1. The summed E-state index contributed by atoms with van der Waals surface area (Å²) in [5.74, 6) is -3.02. The molecule has 10 heteroatoms. The van der Waals surface area contributed by atoms with Crippen LogP contribution < -0.4 is 22.3 Å². The zero-order valence-electron chi connectivity index (χ0n) is 11.0. The zero-order chi connectivity index (χ0) is 16.0. The molecule has 1 atom stereocenters. The quantitative estimate of drug-likeness (QED) is 0.172. The fraction of sp³-hybridized carbons (Fsp3) is 0.700. The molecule has 0 saturated carbocycles. The van der Waals surface area contributed by atoms with E-state index in [4.69, 9.17) is 26.8 Å². The zero-order valence-corrected chi connectivity index (χ0v) is 11.0. The van der Waals surface area contributed by atoms with Crippen molar-refractivity contribution >= 4 is 17.9 Å². The van der Waals surface area contributed by atoms with E-state index < -0.39 is 23.9 Å². The number of hydrazine groups is 1. The van der Waals surface area contributed by atoms with E-state index in [2.05, 4.69) is 10.9 Å². The van der Waals surface area contributed by atoms with Gasteiger partial charge in [0, 0.05) is 0 Å². The van der Waals surface area contributed by atoms with Crippen molar-refractivity contribution in [3.05, 3.63) is 0 Å². The van der Waals surface area contributed by atoms with Gasteiger partial charge >= 0.3 is 17.9 Å². The Labute approximate surface area is 116 Å². The molecule has 0 saturated heterocycles. The minimum Gasteiger partial charge on any atom is -0.480 e. The molecule has 20 heavy (non-hydrogen) atoms. The van der Waals surface area contributed by atoms with Crippen LogP contribution >= 0.6 is 0 Å². The van der Waals surface area contributed by atoms with E-state index in [9.17, 15) is 14.4 Å². The second-order valence-corrected chi connectivity index (χ2v) is 3.72. The molecule has 0 fully saturated rings. The Bertz CT molecular complexity index is 283. The first-order chi connectivity index (χ1) is 9.31. The van der Waals surface area contributed by atoms with Crippen molar-refractivity contribution in [2.45, 2.75) is 25.3 Å². The molecule has 0 bridgehead atoms. The second kappa shape index (κ2) is 13.7. The number of hydrogen-bond donors (Lipinski definition) is 7. The van der Waals surface area contributed by atoms with E-state index in [1.165, 1.54) is 0 Å². The molecule has 0 aliphatic rings. The van der Waals surface area contributed by atoms with E-state index in [0.29, 0.717) is 13.0 Å². The average molecular weight is 294 g/mol. The minimum absolute atomic E-state index is 0.298. The summed E-state index contributed by atoms with van der Waals surface area (Å²) in [6.45, 7) is 0.00684. The highest BCUT2D eigenvalue weighted by molar-refractivity contribution is 5.72. The van der Waals surface area contributed by atoms with E-state index in [0.717, 1.165) is 12.8 Å². The average Bonchev–Trinajstić information content (AvgIpc) is 2.35. The second-order valence-electron chi connectivity index (χ2n) is 3.72. The largest absolute Gasteiger partial charge is 0.480 e. The van der Waals surface area contributed by atoms with Gasteiger partial charge in [-0.1, -0.05) is 6.42 Å². The van der Waals surface area contributed by atoms with Gasteiger partial charge in [0.2, 0.25) is 0 Å². The SMILES string of the molecule is NCCCC[C@H](N)C(=O)O.O=C(O)CNNCC(=O)O. The molecule has 0 spiro atoms. The van der Waals surface area contributed by atoms with E-state index in [-0.39, 0.29) is 13.1 Å². The number of carbonyl (C=O) groups is 3. The number of carboxylic acid groups (broad SMARTS) is 3. The molecule has 9 N–H and O–H groups in total. The summed E-state index contributed by atoms with van der Waals surface area (Å²) in [5, 5.41) is 24.4. The van der Waals surface area contributed by atoms with E-state index in [1.807, 2.05) is 0 Å². The first-order valence-electron chi connectivity index (χ1n) is 5.89. The maximum Gasteiger partial charge on any atom is 0.320 e. The highest BCUT2D eigenvalue weighted by Crippen LogP contribution is 1.96. The number of nitrogens with one attached hydrogen (secondary N) is 2. The highest BCUT2D eigenvalue weighted by Gasteiger charge is 2.09. The summed E-state index contributed by atoms with van der Waals surface area (Å²) in [7, 11) is 0. The molecule has 10 nitrogen and oxygen atoms in total. The van der Waals surface area contributed by atoms with Crippen molar-refractivity contribution in [1.29, 1.82) is 0 Å². The van der Waals surface area contributed by atoms with Gasteiger partial charge < -0.3 is 26.8 Å². The summed E-state index contributed by atoms with van der Waals surface area (Å²) >= 11 is 0. The van der Waals surface area contributed by atoms with Gasteiger partial charge in [-0.3, -0.25) is 14.4 Å². The molecule has 0 unspecified atom stereocenters. The van der Waals surface area contributed by atoms with E-state index >= 15 is 0 Å². The molecule has 0 aromatic rings. The summed E-state index contributed by atoms with van der Waals surface area (Å²) < 4.78 is 0. The first kappa shape index (κ1) is 20.6. The third-order valence-corrected chi connectivity index (χ3v) is 1.89. The van der Waals surface area contributed by atoms with Gasteiger partial charge in [-0.2, -0.15) is 0 Å². The number of carboxylic acids is 3. The van der Waals surface area contributed by atoms with Gasteiger partial charge in [0.1, 0.15) is 19.1 Å². The van der Waals surface area contributed by atoms with Crippen LogP contribution in [0.25, 0.3) is 0 Å². The molecule has 0 radical (unpaired) electrons. The molecule has 0 heterocycles. The molecule has 0 rings (SSSR count). The van der Waals surface area contributed by atoms with Crippen LogP contribution in [-0.2, 0) is 14.4 Å². The number of aliphatic carboxylic acids is 3. The van der Waals surface area contributed by atoms with Gasteiger partial charge in [0.15, 0.2) is 0 Å². The molecule has 0 aromatic heterocycles. The van der Waals surface area contributed by atoms with Gasteiger partial charge in [-0.05, 0) is 19.4 Å². The maximum atomic E-state index is 10.1. The molecular formula is C10H22N4O6. The smallest absolute Gasteiger partial charge is 0.320 e. The molecule has 0 aromatic carbocycles. The van der Waals surface area contributed by atoms with Crippen molar-refractivity contribution in [3.63, 3.8) is 0 Å². The van der Waals surface area contributed by atoms with Crippen molar-refractivity contribution in [2.24, 2.45) is 11.5 Å². The Balaban J connectivity index is 0. The van der Waals surface area contributed by atoms with Crippen molar-refractivity contribution in [3.8, 4) is 0 Å². The standard InChI is InChI=1S/C6H14N2O2.C4H8N2O4/c7-4-2-1-3-5(8)6(9)10;7-3(8)1-5-6-2-4(9)10/h5H,1-4,7-8H2,(H,9,10);5-6H,1-2H2,(H,7,8)(H,9,10)/t5-;/m0./s1. The molecule has 0 amide bonds. The molecule has 0 aliphatic carbocycles. The van der Waals surface area contributed by atoms with Gasteiger partial charge in [-0.15, -0.1) is 0 Å². The molecular weight excluding hydrogens is 272 g/mol. The fourth-order valence-corrected chi connectivity index (χ4v) is 0.908. The number of rotatable bonds is 10. The van der Waals surface area contributed by atoms with Crippen LogP contribution in [0.15, 0.2) is 0 Å². The van der Waals surface area contributed by atoms with Gasteiger partial charge in [0.05, 0.1) is 0 Å². The van der Waals surface area contributed by atoms with Crippen LogP contribution in [0.1, 0.15) is 19.3 Å². The third-order valence-electron chi connectivity index (χ3n) is 1.89. The van der Waals surface area contributed by atoms with Crippen LogP contribution in [0.3, 0.4) is 0 Å². The summed E-state index contributed by atoms with van der Waals surface area (Å²) in [4.78, 5) is 29.7. The Morgan fingerprint density at radius 2 is 1.40 bits per heavy atom. The monoisotopic (exact) mass is 294 g/mol. The fourth-order valence-electron chi connectivity index (χ4n) is 0.908. The van der Waals surface area contributed by atoms with Crippen LogP contribution in [0.4, 0.5) is 0 Å². The molecule has 118 valence electrons.